The summed E-state index contributed by atoms with van der Waals surface area (Å²) in [6.45, 7) is 9.52. The number of hydrogen-bond acceptors (Lipinski definition) is 2. The van der Waals surface area contributed by atoms with Crippen molar-refractivity contribution >= 4 is 10.0 Å². The molecular weight excluding hydrogens is 284 g/mol. The molecule has 0 amide bonds. The highest BCUT2D eigenvalue weighted by Gasteiger charge is 2.30. The van der Waals surface area contributed by atoms with E-state index in [1.54, 1.807) is 13.8 Å². The van der Waals surface area contributed by atoms with Gasteiger partial charge >= 0.3 is 0 Å². The molecule has 0 heterocycles. The highest BCUT2D eigenvalue weighted by Crippen LogP contribution is 2.28. The van der Waals surface area contributed by atoms with E-state index in [0.29, 0.717) is 12.5 Å². The first kappa shape index (κ1) is 17.0. The standard InChI is InChI=1S/C14H21F2NO2S/c1-13(2,3)9-14(4,5)17-20(18,19)10-6-7-11(15)12(16)8-10/h6-8,17H,9H2,1-5H3. The van der Waals surface area contributed by atoms with Gasteiger partial charge in [0.05, 0.1) is 4.90 Å². The van der Waals surface area contributed by atoms with Crippen LogP contribution in [-0.4, -0.2) is 14.0 Å². The van der Waals surface area contributed by atoms with E-state index < -0.39 is 27.2 Å². The van der Waals surface area contributed by atoms with Crippen LogP contribution in [0.5, 0.6) is 0 Å². The summed E-state index contributed by atoms with van der Waals surface area (Å²) < 4.78 is 52.9. The Morgan fingerprint density at radius 1 is 1.05 bits per heavy atom. The van der Waals surface area contributed by atoms with Crippen LogP contribution in [0.3, 0.4) is 0 Å². The molecule has 0 atom stereocenters. The highest BCUT2D eigenvalue weighted by atomic mass is 32.2. The summed E-state index contributed by atoms with van der Waals surface area (Å²) in [6.07, 6.45) is 0.600. The summed E-state index contributed by atoms with van der Waals surface area (Å²) in [4.78, 5) is -0.279. The molecule has 0 fully saturated rings. The van der Waals surface area contributed by atoms with E-state index in [-0.39, 0.29) is 10.3 Å². The smallest absolute Gasteiger partial charge is 0.207 e. The fourth-order valence-electron chi connectivity index (χ4n) is 2.43. The van der Waals surface area contributed by atoms with E-state index in [4.69, 9.17) is 0 Å². The molecule has 1 aromatic rings. The van der Waals surface area contributed by atoms with Gasteiger partial charge in [-0.1, -0.05) is 20.8 Å². The second kappa shape index (κ2) is 5.41. The lowest BCUT2D eigenvalue weighted by Gasteiger charge is -2.32. The van der Waals surface area contributed by atoms with E-state index in [0.717, 1.165) is 12.1 Å². The molecule has 0 radical (unpaired) electrons. The minimum Gasteiger partial charge on any atom is -0.207 e. The molecule has 0 bridgehead atoms. The van der Waals surface area contributed by atoms with Crippen molar-refractivity contribution < 1.29 is 17.2 Å². The Morgan fingerprint density at radius 2 is 1.60 bits per heavy atom. The zero-order valence-electron chi connectivity index (χ0n) is 12.4. The molecule has 20 heavy (non-hydrogen) atoms. The van der Waals surface area contributed by atoms with Crippen LogP contribution in [-0.2, 0) is 10.0 Å². The molecular formula is C14H21F2NO2S. The lowest BCUT2D eigenvalue weighted by molar-refractivity contribution is 0.269. The molecule has 6 heteroatoms. The fraction of sp³-hybridized carbons (Fsp3) is 0.571. The maximum absolute atomic E-state index is 13.1. The number of benzene rings is 1. The van der Waals surface area contributed by atoms with Gasteiger partial charge in [-0.25, -0.2) is 21.9 Å². The van der Waals surface area contributed by atoms with E-state index in [9.17, 15) is 17.2 Å². The molecule has 1 rings (SSSR count). The average molecular weight is 305 g/mol. The van der Waals surface area contributed by atoms with E-state index in [2.05, 4.69) is 4.72 Å². The second-order valence-electron chi connectivity index (χ2n) is 6.80. The summed E-state index contributed by atoms with van der Waals surface area (Å²) in [5, 5.41) is 0. The number of halogens is 2. The van der Waals surface area contributed by atoms with Crippen molar-refractivity contribution in [1.29, 1.82) is 0 Å². The van der Waals surface area contributed by atoms with Gasteiger partial charge in [0.1, 0.15) is 0 Å². The third-order valence-electron chi connectivity index (χ3n) is 2.58. The van der Waals surface area contributed by atoms with Crippen LogP contribution in [0, 0.1) is 17.0 Å². The molecule has 1 aromatic carbocycles. The third kappa shape index (κ3) is 4.83. The van der Waals surface area contributed by atoms with Gasteiger partial charge in [-0.15, -0.1) is 0 Å². The second-order valence-corrected chi connectivity index (χ2v) is 8.49. The summed E-state index contributed by atoms with van der Waals surface area (Å²) in [6, 6.07) is 2.54. The molecule has 0 spiro atoms. The van der Waals surface area contributed by atoms with Gasteiger partial charge in [-0.05, 0) is 43.9 Å². The predicted octanol–water partition coefficient (Wildman–Crippen LogP) is 3.46. The first-order valence-electron chi connectivity index (χ1n) is 6.31. The Kier molecular flexibility index (Phi) is 4.61. The minimum atomic E-state index is -3.89. The monoisotopic (exact) mass is 305 g/mol. The molecule has 0 aliphatic heterocycles. The molecule has 1 N–H and O–H groups in total. The van der Waals surface area contributed by atoms with Crippen LogP contribution in [0.4, 0.5) is 8.78 Å². The predicted molar refractivity (Wildman–Crippen MR) is 74.8 cm³/mol. The van der Waals surface area contributed by atoms with Gasteiger partial charge in [0.2, 0.25) is 10.0 Å². The first-order valence-corrected chi connectivity index (χ1v) is 7.80. The molecule has 0 saturated heterocycles. The van der Waals surface area contributed by atoms with Gasteiger partial charge < -0.3 is 0 Å². The summed E-state index contributed by atoms with van der Waals surface area (Å²) in [5.74, 6) is -2.25. The van der Waals surface area contributed by atoms with Crippen molar-refractivity contribution in [2.45, 2.75) is 51.5 Å². The van der Waals surface area contributed by atoms with Crippen molar-refractivity contribution in [3.05, 3.63) is 29.8 Å². The van der Waals surface area contributed by atoms with Crippen LogP contribution in [0.25, 0.3) is 0 Å². The largest absolute Gasteiger partial charge is 0.241 e. The lowest BCUT2D eigenvalue weighted by Crippen LogP contribution is -2.45. The van der Waals surface area contributed by atoms with Crippen LogP contribution >= 0.6 is 0 Å². The minimum absolute atomic E-state index is 0.0694. The number of rotatable bonds is 4. The average Bonchev–Trinajstić information content (AvgIpc) is 2.16. The summed E-state index contributed by atoms with van der Waals surface area (Å²) in [5.41, 5.74) is -0.762. The molecule has 3 nitrogen and oxygen atoms in total. The Balaban J connectivity index is 3.03. The number of hydrogen-bond donors (Lipinski definition) is 1. The van der Waals surface area contributed by atoms with Crippen LogP contribution < -0.4 is 4.72 Å². The van der Waals surface area contributed by atoms with Crippen molar-refractivity contribution in [3.63, 3.8) is 0 Å². The van der Waals surface area contributed by atoms with Gasteiger partial charge in [-0.2, -0.15) is 0 Å². The molecule has 0 aliphatic rings. The molecule has 114 valence electrons. The van der Waals surface area contributed by atoms with Crippen molar-refractivity contribution in [1.82, 2.24) is 4.72 Å². The number of nitrogens with one attached hydrogen (secondary N) is 1. The SMILES string of the molecule is CC(C)(C)CC(C)(C)NS(=O)(=O)c1ccc(F)c(F)c1. The molecule has 0 saturated carbocycles. The first-order chi connectivity index (χ1) is 8.82. The summed E-state index contributed by atoms with van der Waals surface area (Å²) >= 11 is 0. The highest BCUT2D eigenvalue weighted by molar-refractivity contribution is 7.89. The van der Waals surface area contributed by atoms with Crippen molar-refractivity contribution in [2.75, 3.05) is 0 Å². The summed E-state index contributed by atoms with van der Waals surface area (Å²) in [7, 11) is -3.89. The van der Waals surface area contributed by atoms with Gasteiger partial charge in [0.25, 0.3) is 0 Å². The Bertz CT molecular complexity index is 590. The Morgan fingerprint density at radius 3 is 2.05 bits per heavy atom. The van der Waals surface area contributed by atoms with E-state index in [1.165, 1.54) is 0 Å². The zero-order valence-corrected chi connectivity index (χ0v) is 13.2. The van der Waals surface area contributed by atoms with Gasteiger partial charge in [0, 0.05) is 5.54 Å². The van der Waals surface area contributed by atoms with Crippen LogP contribution in [0.15, 0.2) is 23.1 Å². The van der Waals surface area contributed by atoms with E-state index >= 15 is 0 Å². The van der Waals surface area contributed by atoms with Gasteiger partial charge in [-0.3, -0.25) is 0 Å². The zero-order chi connectivity index (χ0) is 15.8. The van der Waals surface area contributed by atoms with Crippen LogP contribution in [0.2, 0.25) is 0 Å². The number of sulfonamides is 1. The third-order valence-corrected chi connectivity index (χ3v) is 4.28. The molecule has 0 unspecified atom stereocenters. The van der Waals surface area contributed by atoms with Crippen molar-refractivity contribution in [2.24, 2.45) is 5.41 Å². The Labute approximate surface area is 119 Å². The van der Waals surface area contributed by atoms with E-state index in [1.807, 2.05) is 20.8 Å². The Hall–Kier alpha value is -1.01. The fourth-order valence-corrected chi connectivity index (χ4v) is 3.85. The van der Waals surface area contributed by atoms with Gasteiger partial charge in [0.15, 0.2) is 11.6 Å². The molecule has 0 aromatic heterocycles. The lowest BCUT2D eigenvalue weighted by atomic mass is 9.82. The maximum atomic E-state index is 13.1. The quantitative estimate of drug-likeness (QED) is 0.926. The van der Waals surface area contributed by atoms with Crippen molar-refractivity contribution in [3.8, 4) is 0 Å². The molecule has 0 aliphatic carbocycles. The topological polar surface area (TPSA) is 46.2 Å². The normalized spacial score (nSPS) is 13.6. The van der Waals surface area contributed by atoms with Crippen LogP contribution in [0.1, 0.15) is 41.0 Å². The maximum Gasteiger partial charge on any atom is 0.241 e.